The lowest BCUT2D eigenvalue weighted by Gasteiger charge is -1.83. The molecule has 0 amide bonds. The van der Waals surface area contributed by atoms with E-state index in [-0.39, 0.29) is 0 Å². The SMILES string of the molecule is Nc1ccc(-c2nc(C3CC3)no2)s1. The van der Waals surface area contributed by atoms with Gasteiger partial charge in [0.25, 0.3) is 5.89 Å². The maximum Gasteiger partial charge on any atom is 0.268 e. The fourth-order valence-electron chi connectivity index (χ4n) is 1.31. The smallest absolute Gasteiger partial charge is 0.268 e. The zero-order chi connectivity index (χ0) is 9.54. The molecule has 14 heavy (non-hydrogen) atoms. The van der Waals surface area contributed by atoms with E-state index < -0.39 is 0 Å². The van der Waals surface area contributed by atoms with Crippen LogP contribution in [0.1, 0.15) is 24.6 Å². The van der Waals surface area contributed by atoms with Crippen molar-refractivity contribution in [2.45, 2.75) is 18.8 Å². The van der Waals surface area contributed by atoms with Gasteiger partial charge in [-0.3, -0.25) is 0 Å². The average molecular weight is 207 g/mol. The predicted molar refractivity (Wildman–Crippen MR) is 54.0 cm³/mol. The average Bonchev–Trinajstić information content (AvgIpc) is 2.76. The van der Waals surface area contributed by atoms with E-state index in [0.29, 0.717) is 11.8 Å². The van der Waals surface area contributed by atoms with Crippen molar-refractivity contribution in [1.82, 2.24) is 10.1 Å². The predicted octanol–water partition coefficient (Wildman–Crippen LogP) is 2.26. The summed E-state index contributed by atoms with van der Waals surface area (Å²) in [5.41, 5.74) is 5.62. The first-order valence-electron chi connectivity index (χ1n) is 4.52. The molecule has 0 spiro atoms. The largest absolute Gasteiger partial charge is 0.391 e. The van der Waals surface area contributed by atoms with Gasteiger partial charge in [-0.25, -0.2) is 0 Å². The number of nitrogens with two attached hydrogens (primary N) is 1. The van der Waals surface area contributed by atoms with E-state index in [4.69, 9.17) is 10.3 Å². The molecule has 1 aliphatic carbocycles. The van der Waals surface area contributed by atoms with Gasteiger partial charge in [-0.1, -0.05) is 5.16 Å². The molecule has 0 unspecified atom stereocenters. The van der Waals surface area contributed by atoms with Crippen molar-refractivity contribution >= 4 is 16.3 Å². The highest BCUT2D eigenvalue weighted by molar-refractivity contribution is 7.19. The van der Waals surface area contributed by atoms with Crippen molar-refractivity contribution in [1.29, 1.82) is 0 Å². The summed E-state index contributed by atoms with van der Waals surface area (Å²) in [5.74, 6) is 1.96. The van der Waals surface area contributed by atoms with Crippen LogP contribution in [0.3, 0.4) is 0 Å². The van der Waals surface area contributed by atoms with Crippen LogP contribution in [0.2, 0.25) is 0 Å². The number of nitrogens with zero attached hydrogens (tertiary/aromatic N) is 2. The van der Waals surface area contributed by atoms with Gasteiger partial charge in [0.15, 0.2) is 5.82 Å². The summed E-state index contributed by atoms with van der Waals surface area (Å²) in [6, 6.07) is 3.76. The van der Waals surface area contributed by atoms with E-state index in [1.807, 2.05) is 12.1 Å². The number of aromatic nitrogens is 2. The van der Waals surface area contributed by atoms with Crippen LogP contribution in [0.15, 0.2) is 16.7 Å². The summed E-state index contributed by atoms with van der Waals surface area (Å²) >= 11 is 1.47. The molecule has 2 aromatic rings. The van der Waals surface area contributed by atoms with Crippen LogP contribution in [0.5, 0.6) is 0 Å². The van der Waals surface area contributed by atoms with Gasteiger partial charge in [0.2, 0.25) is 0 Å². The van der Waals surface area contributed by atoms with Crippen molar-refractivity contribution < 1.29 is 4.52 Å². The van der Waals surface area contributed by atoms with Crippen LogP contribution in [0.25, 0.3) is 10.8 Å². The molecule has 4 nitrogen and oxygen atoms in total. The molecule has 0 saturated heterocycles. The fourth-order valence-corrected chi connectivity index (χ4v) is 2.01. The minimum absolute atomic E-state index is 0.532. The van der Waals surface area contributed by atoms with Crippen molar-refractivity contribution in [2.75, 3.05) is 5.73 Å². The Hall–Kier alpha value is -1.36. The lowest BCUT2D eigenvalue weighted by molar-refractivity contribution is 0.423. The molecule has 1 aliphatic rings. The molecular formula is C9H9N3OS. The zero-order valence-corrected chi connectivity index (χ0v) is 8.25. The van der Waals surface area contributed by atoms with Gasteiger partial charge in [0.1, 0.15) is 0 Å². The monoisotopic (exact) mass is 207 g/mol. The first-order chi connectivity index (χ1) is 6.83. The number of anilines is 1. The number of thiophene rings is 1. The van der Waals surface area contributed by atoms with Crippen molar-refractivity contribution in [3.05, 3.63) is 18.0 Å². The normalized spacial score (nSPS) is 16.0. The summed E-state index contributed by atoms with van der Waals surface area (Å²) in [5, 5.41) is 4.71. The molecule has 72 valence electrons. The van der Waals surface area contributed by atoms with E-state index in [9.17, 15) is 0 Å². The Morgan fingerprint density at radius 2 is 2.29 bits per heavy atom. The molecule has 1 saturated carbocycles. The van der Waals surface area contributed by atoms with E-state index in [1.54, 1.807) is 0 Å². The van der Waals surface area contributed by atoms with Crippen LogP contribution >= 0.6 is 11.3 Å². The van der Waals surface area contributed by atoms with Gasteiger partial charge in [-0.05, 0) is 25.0 Å². The second-order valence-electron chi connectivity index (χ2n) is 3.43. The van der Waals surface area contributed by atoms with E-state index in [1.165, 1.54) is 24.2 Å². The molecule has 0 atom stereocenters. The number of rotatable bonds is 2. The van der Waals surface area contributed by atoms with Gasteiger partial charge < -0.3 is 10.3 Å². The van der Waals surface area contributed by atoms with Gasteiger partial charge in [-0.15, -0.1) is 11.3 Å². The van der Waals surface area contributed by atoms with E-state index in [2.05, 4.69) is 10.1 Å². The number of hydrogen-bond acceptors (Lipinski definition) is 5. The minimum Gasteiger partial charge on any atom is -0.391 e. The summed E-state index contributed by atoms with van der Waals surface area (Å²) in [4.78, 5) is 5.28. The molecule has 2 heterocycles. The molecule has 2 aromatic heterocycles. The van der Waals surface area contributed by atoms with E-state index in [0.717, 1.165) is 15.7 Å². The lowest BCUT2D eigenvalue weighted by Crippen LogP contribution is -1.80. The first kappa shape index (κ1) is 7.99. The Bertz CT molecular complexity index is 458. The third-order valence-electron chi connectivity index (χ3n) is 2.22. The molecule has 0 bridgehead atoms. The minimum atomic E-state index is 0.532. The van der Waals surface area contributed by atoms with Gasteiger partial charge in [-0.2, -0.15) is 4.98 Å². The maximum atomic E-state index is 5.62. The first-order valence-corrected chi connectivity index (χ1v) is 5.34. The maximum absolute atomic E-state index is 5.62. The Labute approximate surface area is 84.7 Å². The lowest BCUT2D eigenvalue weighted by atomic mass is 10.4. The van der Waals surface area contributed by atoms with Gasteiger partial charge in [0.05, 0.1) is 9.88 Å². The molecule has 2 N–H and O–H groups in total. The number of hydrogen-bond donors (Lipinski definition) is 1. The van der Waals surface area contributed by atoms with Crippen LogP contribution in [0.4, 0.5) is 5.00 Å². The van der Waals surface area contributed by atoms with Crippen LogP contribution < -0.4 is 5.73 Å². The second-order valence-corrected chi connectivity index (χ2v) is 4.55. The van der Waals surface area contributed by atoms with Crippen LogP contribution in [-0.2, 0) is 0 Å². The summed E-state index contributed by atoms with van der Waals surface area (Å²) < 4.78 is 5.16. The van der Waals surface area contributed by atoms with E-state index >= 15 is 0 Å². The third kappa shape index (κ3) is 1.29. The summed E-state index contributed by atoms with van der Waals surface area (Å²) in [7, 11) is 0. The Morgan fingerprint density at radius 1 is 1.43 bits per heavy atom. The zero-order valence-electron chi connectivity index (χ0n) is 7.43. The van der Waals surface area contributed by atoms with Crippen molar-refractivity contribution in [3.63, 3.8) is 0 Å². The van der Waals surface area contributed by atoms with Crippen molar-refractivity contribution in [2.24, 2.45) is 0 Å². The van der Waals surface area contributed by atoms with Crippen LogP contribution in [-0.4, -0.2) is 10.1 Å². The molecule has 3 rings (SSSR count). The van der Waals surface area contributed by atoms with Crippen LogP contribution in [0, 0.1) is 0 Å². The van der Waals surface area contributed by atoms with Gasteiger partial charge in [0, 0.05) is 5.92 Å². The quantitative estimate of drug-likeness (QED) is 0.820. The fraction of sp³-hybridized carbons (Fsp3) is 0.333. The van der Waals surface area contributed by atoms with Crippen molar-refractivity contribution in [3.8, 4) is 10.8 Å². The molecule has 0 aliphatic heterocycles. The highest BCUT2D eigenvalue weighted by atomic mass is 32.1. The topological polar surface area (TPSA) is 64.9 Å². The molecule has 0 aromatic carbocycles. The third-order valence-corrected chi connectivity index (χ3v) is 3.12. The highest BCUT2D eigenvalue weighted by Gasteiger charge is 2.29. The second kappa shape index (κ2) is 2.81. The number of nitrogen functional groups attached to an aromatic ring is 1. The summed E-state index contributed by atoms with van der Waals surface area (Å²) in [6.07, 6.45) is 2.37. The molecule has 0 radical (unpaired) electrons. The summed E-state index contributed by atoms with van der Waals surface area (Å²) in [6.45, 7) is 0. The van der Waals surface area contributed by atoms with Gasteiger partial charge >= 0.3 is 0 Å². The standard InChI is InChI=1S/C9H9N3OS/c10-7-4-3-6(14-7)9-11-8(12-13-9)5-1-2-5/h3-5H,1-2,10H2. The highest BCUT2D eigenvalue weighted by Crippen LogP contribution is 2.39. The molecule has 1 fully saturated rings. The molecule has 5 heteroatoms. The Kier molecular flexibility index (Phi) is 1.61. The molecular weight excluding hydrogens is 198 g/mol. The Morgan fingerprint density at radius 3 is 2.93 bits per heavy atom. The Balaban J connectivity index is 1.95.